The molecule has 2 rings (SSSR count). The van der Waals surface area contributed by atoms with Crippen molar-refractivity contribution in [1.82, 2.24) is 4.90 Å². The number of piperidine rings is 1. The lowest BCUT2D eigenvalue weighted by Gasteiger charge is -2.35. The van der Waals surface area contributed by atoms with Gasteiger partial charge in [0.1, 0.15) is 5.82 Å². The van der Waals surface area contributed by atoms with Crippen LogP contribution < -0.4 is 5.73 Å². The van der Waals surface area contributed by atoms with Crippen molar-refractivity contribution in [3.8, 4) is 11.8 Å². The number of halogens is 1. The van der Waals surface area contributed by atoms with Crippen LogP contribution in [0.4, 0.5) is 4.39 Å². The second-order valence-electron chi connectivity index (χ2n) is 5.38. The van der Waals surface area contributed by atoms with Crippen molar-refractivity contribution in [2.24, 2.45) is 5.73 Å². The van der Waals surface area contributed by atoms with Gasteiger partial charge in [-0.15, -0.1) is 0 Å². The van der Waals surface area contributed by atoms with Crippen LogP contribution in [0.5, 0.6) is 0 Å². The topological polar surface area (TPSA) is 29.3 Å². The SMILES string of the molecule is CCC1CCCCN1Cc1cc(F)cc(C#CCN)c1. The first-order valence-corrected chi connectivity index (χ1v) is 7.45. The van der Waals surface area contributed by atoms with E-state index in [2.05, 4.69) is 23.7 Å². The summed E-state index contributed by atoms with van der Waals surface area (Å²) in [6, 6.07) is 5.70. The Labute approximate surface area is 121 Å². The molecule has 2 nitrogen and oxygen atoms in total. The summed E-state index contributed by atoms with van der Waals surface area (Å²) in [7, 11) is 0. The summed E-state index contributed by atoms with van der Waals surface area (Å²) in [4.78, 5) is 2.47. The van der Waals surface area contributed by atoms with Crippen LogP contribution in [-0.2, 0) is 6.54 Å². The number of nitrogens with two attached hydrogens (primary N) is 1. The average Bonchev–Trinajstić information content (AvgIpc) is 2.45. The van der Waals surface area contributed by atoms with Gasteiger partial charge in [-0.1, -0.05) is 25.2 Å². The Morgan fingerprint density at radius 3 is 2.95 bits per heavy atom. The van der Waals surface area contributed by atoms with E-state index >= 15 is 0 Å². The van der Waals surface area contributed by atoms with Crippen LogP contribution in [0.1, 0.15) is 43.7 Å². The van der Waals surface area contributed by atoms with E-state index < -0.39 is 0 Å². The van der Waals surface area contributed by atoms with Crippen LogP contribution in [0.15, 0.2) is 18.2 Å². The molecule has 108 valence electrons. The summed E-state index contributed by atoms with van der Waals surface area (Å²) in [5.74, 6) is 5.48. The third kappa shape index (κ3) is 4.06. The molecule has 0 amide bonds. The fourth-order valence-corrected chi connectivity index (χ4v) is 2.93. The monoisotopic (exact) mass is 274 g/mol. The van der Waals surface area contributed by atoms with E-state index in [9.17, 15) is 4.39 Å². The molecule has 20 heavy (non-hydrogen) atoms. The Bertz CT molecular complexity index is 501. The third-order valence-corrected chi connectivity index (χ3v) is 3.90. The standard InChI is InChI=1S/C17H23FN2/c1-2-17-7-3-4-9-20(17)13-15-10-14(6-5-8-19)11-16(18)12-15/h10-12,17H,2-4,7-9,13,19H2,1H3. The molecule has 0 aliphatic carbocycles. The highest BCUT2D eigenvalue weighted by atomic mass is 19.1. The normalized spacial score (nSPS) is 19.4. The maximum Gasteiger partial charge on any atom is 0.124 e. The maximum absolute atomic E-state index is 13.7. The van der Waals surface area contributed by atoms with Gasteiger partial charge in [-0.2, -0.15) is 0 Å². The molecule has 1 aromatic carbocycles. The number of likely N-dealkylation sites (tertiary alicyclic amines) is 1. The van der Waals surface area contributed by atoms with E-state index in [1.165, 1.54) is 25.3 Å². The first-order chi connectivity index (χ1) is 9.72. The lowest BCUT2D eigenvalue weighted by atomic mass is 9.99. The Kier molecular flexibility index (Phi) is 5.58. The van der Waals surface area contributed by atoms with Crippen molar-refractivity contribution in [2.75, 3.05) is 13.1 Å². The zero-order valence-electron chi connectivity index (χ0n) is 12.2. The highest BCUT2D eigenvalue weighted by Crippen LogP contribution is 2.22. The van der Waals surface area contributed by atoms with Gasteiger partial charge in [-0.25, -0.2) is 4.39 Å². The van der Waals surface area contributed by atoms with Crippen molar-refractivity contribution in [1.29, 1.82) is 0 Å². The highest BCUT2D eigenvalue weighted by Gasteiger charge is 2.20. The number of hydrogen-bond acceptors (Lipinski definition) is 2. The lowest BCUT2D eigenvalue weighted by molar-refractivity contribution is 0.136. The largest absolute Gasteiger partial charge is 0.320 e. The molecule has 0 radical (unpaired) electrons. The van der Waals surface area contributed by atoms with Gasteiger partial charge in [0.15, 0.2) is 0 Å². The Morgan fingerprint density at radius 2 is 2.20 bits per heavy atom. The Hall–Kier alpha value is -1.37. The second-order valence-corrected chi connectivity index (χ2v) is 5.38. The van der Waals surface area contributed by atoms with E-state index in [-0.39, 0.29) is 5.82 Å². The molecule has 0 bridgehead atoms. The third-order valence-electron chi connectivity index (χ3n) is 3.90. The molecular weight excluding hydrogens is 251 g/mol. The molecule has 1 heterocycles. The molecule has 2 N–H and O–H groups in total. The number of benzene rings is 1. The van der Waals surface area contributed by atoms with Crippen LogP contribution in [0.25, 0.3) is 0 Å². The lowest BCUT2D eigenvalue weighted by Crippen LogP contribution is -2.38. The molecule has 1 aliphatic heterocycles. The van der Waals surface area contributed by atoms with Gasteiger partial charge in [0.25, 0.3) is 0 Å². The molecule has 0 aromatic heterocycles. The van der Waals surface area contributed by atoms with Gasteiger partial charge < -0.3 is 5.73 Å². The highest BCUT2D eigenvalue weighted by molar-refractivity contribution is 5.38. The van der Waals surface area contributed by atoms with Crippen LogP contribution in [0.3, 0.4) is 0 Å². The Balaban J connectivity index is 2.13. The van der Waals surface area contributed by atoms with E-state index in [0.717, 1.165) is 30.6 Å². The minimum absolute atomic E-state index is 0.214. The minimum Gasteiger partial charge on any atom is -0.320 e. The van der Waals surface area contributed by atoms with Crippen LogP contribution in [0.2, 0.25) is 0 Å². The van der Waals surface area contributed by atoms with Crippen molar-refractivity contribution < 1.29 is 4.39 Å². The smallest absolute Gasteiger partial charge is 0.124 e. The summed E-state index contributed by atoms with van der Waals surface area (Å²) in [5.41, 5.74) is 7.09. The second kappa shape index (κ2) is 7.42. The minimum atomic E-state index is -0.214. The summed E-state index contributed by atoms with van der Waals surface area (Å²) in [5, 5.41) is 0. The molecule has 1 saturated heterocycles. The molecule has 1 atom stereocenters. The average molecular weight is 274 g/mol. The maximum atomic E-state index is 13.7. The summed E-state index contributed by atoms with van der Waals surface area (Å²) < 4.78 is 13.7. The van der Waals surface area contributed by atoms with Gasteiger partial charge in [-0.3, -0.25) is 4.90 Å². The first-order valence-electron chi connectivity index (χ1n) is 7.45. The van der Waals surface area contributed by atoms with Crippen molar-refractivity contribution in [3.63, 3.8) is 0 Å². The number of hydrogen-bond donors (Lipinski definition) is 1. The van der Waals surface area contributed by atoms with E-state index in [4.69, 9.17) is 5.73 Å². The molecular formula is C17H23FN2. The summed E-state index contributed by atoms with van der Waals surface area (Å²) >= 11 is 0. The number of nitrogens with zero attached hydrogens (tertiary/aromatic N) is 1. The quantitative estimate of drug-likeness (QED) is 0.859. The summed E-state index contributed by atoms with van der Waals surface area (Å²) in [6.45, 7) is 4.45. The van der Waals surface area contributed by atoms with Crippen molar-refractivity contribution in [2.45, 2.75) is 45.2 Å². The molecule has 0 spiro atoms. The van der Waals surface area contributed by atoms with Crippen LogP contribution in [0, 0.1) is 17.7 Å². The predicted octanol–water partition coefficient (Wildman–Crippen LogP) is 2.90. The van der Waals surface area contributed by atoms with Gasteiger partial charge in [-0.05, 0) is 49.6 Å². The van der Waals surface area contributed by atoms with Crippen LogP contribution >= 0.6 is 0 Å². The fourth-order valence-electron chi connectivity index (χ4n) is 2.93. The van der Waals surface area contributed by atoms with Crippen molar-refractivity contribution >= 4 is 0 Å². The predicted molar refractivity (Wildman–Crippen MR) is 80.7 cm³/mol. The van der Waals surface area contributed by atoms with Gasteiger partial charge >= 0.3 is 0 Å². The fraction of sp³-hybridized carbons (Fsp3) is 0.529. The molecule has 0 saturated carbocycles. The van der Waals surface area contributed by atoms with E-state index in [1.807, 2.05) is 6.07 Å². The molecule has 1 aromatic rings. The van der Waals surface area contributed by atoms with Crippen LogP contribution in [-0.4, -0.2) is 24.0 Å². The van der Waals surface area contributed by atoms with Gasteiger partial charge in [0.05, 0.1) is 6.54 Å². The zero-order chi connectivity index (χ0) is 14.4. The first kappa shape index (κ1) is 15.0. The zero-order valence-corrected chi connectivity index (χ0v) is 12.2. The molecule has 3 heteroatoms. The van der Waals surface area contributed by atoms with E-state index in [0.29, 0.717) is 12.6 Å². The number of rotatable bonds is 3. The molecule has 1 unspecified atom stereocenters. The molecule has 1 fully saturated rings. The Morgan fingerprint density at radius 1 is 1.35 bits per heavy atom. The van der Waals surface area contributed by atoms with E-state index in [1.54, 1.807) is 6.07 Å². The molecule has 1 aliphatic rings. The van der Waals surface area contributed by atoms with Gasteiger partial charge in [0.2, 0.25) is 0 Å². The van der Waals surface area contributed by atoms with Crippen molar-refractivity contribution in [3.05, 3.63) is 35.1 Å². The summed E-state index contributed by atoms with van der Waals surface area (Å²) in [6.07, 6.45) is 4.97. The van der Waals surface area contributed by atoms with Gasteiger partial charge in [0, 0.05) is 18.2 Å².